The van der Waals surface area contributed by atoms with Gasteiger partial charge in [-0.1, -0.05) is 13.8 Å². The van der Waals surface area contributed by atoms with E-state index in [9.17, 15) is 14.4 Å². The Morgan fingerprint density at radius 2 is 2.07 bits per heavy atom. The second-order valence-electron chi connectivity index (χ2n) is 3.53. The van der Waals surface area contributed by atoms with Gasteiger partial charge in [-0.3, -0.25) is 4.79 Å². The number of ether oxygens (including phenoxy) is 1. The molecule has 0 rings (SSSR count). The van der Waals surface area contributed by atoms with Crippen molar-refractivity contribution >= 4 is 14.8 Å². The van der Waals surface area contributed by atoms with E-state index in [0.29, 0.717) is 6.42 Å². The Balaban J connectivity index is 3.59. The Labute approximate surface area is 91.4 Å². The van der Waals surface area contributed by atoms with Gasteiger partial charge < -0.3 is 18.8 Å². The van der Waals surface area contributed by atoms with Crippen LogP contribution in [-0.4, -0.2) is 38.1 Å². The van der Waals surface area contributed by atoms with Crippen LogP contribution in [0.25, 0.3) is 0 Å². The van der Waals surface area contributed by atoms with Gasteiger partial charge in [0.25, 0.3) is 0 Å². The maximum absolute atomic E-state index is 11.2. The minimum Gasteiger partial charge on any atom is -0.465 e. The molecule has 0 amide bonds. The summed E-state index contributed by atoms with van der Waals surface area (Å²) in [5.74, 6) is -0.337. The molecule has 0 aliphatic carbocycles. The predicted molar refractivity (Wildman–Crippen MR) is 57.0 cm³/mol. The molecular weight excluding hydrogens is 216 g/mol. The van der Waals surface area contributed by atoms with Crippen LogP contribution < -0.4 is 0 Å². The zero-order chi connectivity index (χ0) is 11.9. The lowest BCUT2D eigenvalue weighted by Gasteiger charge is -2.14. The van der Waals surface area contributed by atoms with Gasteiger partial charge in [0, 0.05) is 13.2 Å². The van der Waals surface area contributed by atoms with Crippen molar-refractivity contribution in [1.82, 2.24) is 0 Å². The predicted octanol–water partition coefficient (Wildman–Crippen LogP) is 0.536. The zero-order valence-electron chi connectivity index (χ0n) is 9.52. The maximum atomic E-state index is 11.2. The van der Waals surface area contributed by atoms with Crippen molar-refractivity contribution in [2.75, 3.05) is 13.7 Å². The molecule has 0 spiro atoms. The lowest BCUT2D eigenvalue weighted by molar-refractivity contribution is -0.148. The molecular formula is C9H20O5Si. The summed E-state index contributed by atoms with van der Waals surface area (Å²) in [6.07, 6.45) is 1.16. The van der Waals surface area contributed by atoms with Crippen molar-refractivity contribution in [2.24, 2.45) is 5.92 Å². The normalized spacial score (nSPS) is 13.7. The quantitative estimate of drug-likeness (QED) is 0.383. The highest BCUT2D eigenvalue weighted by molar-refractivity contribution is 6.57. The number of hydrogen-bond acceptors (Lipinski definition) is 5. The van der Waals surface area contributed by atoms with Crippen LogP contribution in [0.5, 0.6) is 0 Å². The van der Waals surface area contributed by atoms with Gasteiger partial charge >= 0.3 is 14.8 Å². The minimum atomic E-state index is -3.48. The number of rotatable bonds is 7. The molecule has 0 fully saturated rings. The first-order valence-corrected chi connectivity index (χ1v) is 7.10. The standard InChI is InChI=1S/C9H20O5Si/c1-4-8(2)9(10)14-6-5-7-15(11,12)13-3/h8,11-12H,4-7H2,1-3H3. The summed E-state index contributed by atoms with van der Waals surface area (Å²) < 4.78 is 9.46. The molecule has 90 valence electrons. The molecule has 0 aromatic carbocycles. The highest BCUT2D eigenvalue weighted by atomic mass is 28.4. The van der Waals surface area contributed by atoms with E-state index in [1.165, 1.54) is 7.11 Å². The second-order valence-corrected chi connectivity index (χ2v) is 5.92. The zero-order valence-corrected chi connectivity index (χ0v) is 10.5. The van der Waals surface area contributed by atoms with Crippen LogP contribution in [0, 0.1) is 5.92 Å². The van der Waals surface area contributed by atoms with E-state index in [4.69, 9.17) is 4.74 Å². The molecule has 5 nitrogen and oxygen atoms in total. The van der Waals surface area contributed by atoms with E-state index in [1.54, 1.807) is 6.92 Å². The van der Waals surface area contributed by atoms with Crippen LogP contribution in [0.2, 0.25) is 6.04 Å². The number of hydrogen-bond donors (Lipinski definition) is 2. The Kier molecular flexibility index (Phi) is 6.74. The molecule has 0 bridgehead atoms. The van der Waals surface area contributed by atoms with Gasteiger partial charge in [-0.25, -0.2) is 0 Å². The first-order valence-electron chi connectivity index (χ1n) is 5.09. The lowest BCUT2D eigenvalue weighted by atomic mass is 10.1. The first kappa shape index (κ1) is 14.6. The van der Waals surface area contributed by atoms with Crippen LogP contribution >= 0.6 is 0 Å². The monoisotopic (exact) mass is 236 g/mol. The van der Waals surface area contributed by atoms with Crippen LogP contribution in [0.3, 0.4) is 0 Å². The number of esters is 1. The van der Waals surface area contributed by atoms with E-state index >= 15 is 0 Å². The molecule has 0 aromatic heterocycles. The van der Waals surface area contributed by atoms with E-state index in [1.807, 2.05) is 6.92 Å². The summed E-state index contributed by atoms with van der Waals surface area (Å²) in [7, 11) is -2.21. The highest BCUT2D eigenvalue weighted by Gasteiger charge is 2.29. The third-order valence-corrected chi connectivity index (χ3v) is 3.89. The fraction of sp³-hybridized carbons (Fsp3) is 0.889. The average molecular weight is 236 g/mol. The van der Waals surface area contributed by atoms with Gasteiger partial charge in [-0.05, 0) is 12.8 Å². The van der Waals surface area contributed by atoms with Crippen molar-refractivity contribution < 1.29 is 23.5 Å². The van der Waals surface area contributed by atoms with E-state index in [-0.39, 0.29) is 24.5 Å². The molecule has 1 unspecified atom stereocenters. The largest absolute Gasteiger partial charge is 0.495 e. The molecule has 0 aliphatic heterocycles. The maximum Gasteiger partial charge on any atom is 0.495 e. The van der Waals surface area contributed by atoms with Crippen molar-refractivity contribution in [3.63, 3.8) is 0 Å². The van der Waals surface area contributed by atoms with Gasteiger partial charge in [0.05, 0.1) is 12.5 Å². The SMILES string of the molecule is CCC(C)C(=O)OCCC[Si](O)(O)OC. The van der Waals surface area contributed by atoms with E-state index < -0.39 is 8.80 Å². The summed E-state index contributed by atoms with van der Waals surface area (Å²) in [5, 5.41) is 0. The van der Waals surface area contributed by atoms with Gasteiger partial charge in [-0.2, -0.15) is 0 Å². The third-order valence-electron chi connectivity index (χ3n) is 2.23. The van der Waals surface area contributed by atoms with Crippen LogP contribution in [-0.2, 0) is 14.0 Å². The van der Waals surface area contributed by atoms with Gasteiger partial charge in [-0.15, -0.1) is 0 Å². The Morgan fingerprint density at radius 3 is 2.53 bits per heavy atom. The van der Waals surface area contributed by atoms with Crippen molar-refractivity contribution in [3.8, 4) is 0 Å². The topological polar surface area (TPSA) is 76.0 Å². The highest BCUT2D eigenvalue weighted by Crippen LogP contribution is 2.08. The van der Waals surface area contributed by atoms with Crippen molar-refractivity contribution in [2.45, 2.75) is 32.7 Å². The first-order chi connectivity index (χ1) is 6.93. The lowest BCUT2D eigenvalue weighted by Crippen LogP contribution is -2.37. The molecule has 0 heterocycles. The molecule has 15 heavy (non-hydrogen) atoms. The van der Waals surface area contributed by atoms with Gasteiger partial charge in [0.1, 0.15) is 0 Å². The number of carbonyl (C=O) groups is 1. The van der Waals surface area contributed by atoms with Crippen LogP contribution in [0.4, 0.5) is 0 Å². The molecule has 0 saturated heterocycles. The summed E-state index contributed by atoms with van der Waals surface area (Å²) >= 11 is 0. The third kappa shape index (κ3) is 6.61. The smallest absolute Gasteiger partial charge is 0.465 e. The Morgan fingerprint density at radius 1 is 1.47 bits per heavy atom. The summed E-state index contributed by atoms with van der Waals surface area (Å²) in [4.78, 5) is 29.6. The molecule has 0 saturated carbocycles. The van der Waals surface area contributed by atoms with Crippen LogP contribution in [0.1, 0.15) is 26.7 Å². The summed E-state index contributed by atoms with van der Waals surface area (Å²) in [6, 6.07) is 0.150. The van der Waals surface area contributed by atoms with Gasteiger partial charge in [0.15, 0.2) is 0 Å². The molecule has 0 aliphatic rings. The van der Waals surface area contributed by atoms with E-state index in [2.05, 4.69) is 4.43 Å². The molecule has 1 atom stereocenters. The second kappa shape index (κ2) is 6.94. The molecule has 0 radical (unpaired) electrons. The fourth-order valence-electron chi connectivity index (χ4n) is 0.886. The fourth-order valence-corrected chi connectivity index (χ4v) is 1.70. The summed E-state index contributed by atoms with van der Waals surface area (Å²) in [5.41, 5.74) is 0. The number of carbonyl (C=O) groups excluding carboxylic acids is 1. The average Bonchev–Trinajstić information content (AvgIpc) is 2.22. The molecule has 0 aromatic rings. The summed E-state index contributed by atoms with van der Waals surface area (Å²) in [6.45, 7) is 3.92. The van der Waals surface area contributed by atoms with Crippen molar-refractivity contribution in [1.29, 1.82) is 0 Å². The Hall–Kier alpha value is -0.433. The molecule has 2 N–H and O–H groups in total. The van der Waals surface area contributed by atoms with Crippen LogP contribution in [0.15, 0.2) is 0 Å². The van der Waals surface area contributed by atoms with Crippen molar-refractivity contribution in [3.05, 3.63) is 0 Å². The van der Waals surface area contributed by atoms with Gasteiger partial charge in [0.2, 0.25) is 0 Å². The van der Waals surface area contributed by atoms with E-state index in [0.717, 1.165) is 6.42 Å². The Bertz CT molecular complexity index is 195. The minimum absolute atomic E-state index is 0.0994. The molecule has 6 heteroatoms.